The van der Waals surface area contributed by atoms with Crippen molar-refractivity contribution in [2.45, 2.75) is 91.6 Å². The number of carbonyl (C=O) groups is 2. The smallest absolute Gasteiger partial charge is 0.550 e. The Morgan fingerprint density at radius 2 is 0.907 bits per heavy atom. The molecule has 0 amide bonds. The Balaban J connectivity index is 0.000000293. The Kier molecular flexibility index (Phi) is 12.1. The van der Waals surface area contributed by atoms with Crippen molar-refractivity contribution in [3.8, 4) is 0 Å². The number of hydrogen-bond donors (Lipinski definition) is 4. The molecule has 4 rings (SSSR count). The van der Waals surface area contributed by atoms with Gasteiger partial charge in [-0.1, -0.05) is 102 Å². The first kappa shape index (κ1) is 37.2. The second-order valence-electron chi connectivity index (χ2n) is 13.7. The van der Waals surface area contributed by atoms with E-state index in [1.54, 1.807) is 62.4 Å². The molecule has 43 heavy (non-hydrogen) atoms. The SMILES string of the molecule is CC1(C(=O)[O-])CCC(C(O)C(O)c2ccccc2)C1(C)C.CC1(C(=O)[O-])CCC(C(O)C(O)c2ccccc2)C1(C)C.[Mg+2]. The van der Waals surface area contributed by atoms with Gasteiger partial charge in [0.2, 0.25) is 0 Å². The topological polar surface area (TPSA) is 161 Å². The number of hydrogen-bond acceptors (Lipinski definition) is 8. The van der Waals surface area contributed by atoms with E-state index in [1.807, 2.05) is 39.8 Å². The molecule has 2 aromatic carbocycles. The summed E-state index contributed by atoms with van der Waals surface area (Å²) in [4.78, 5) is 23.0. The maximum Gasteiger partial charge on any atom is 2.00 e. The molecule has 0 radical (unpaired) electrons. The van der Waals surface area contributed by atoms with E-state index >= 15 is 0 Å². The van der Waals surface area contributed by atoms with Crippen LogP contribution in [0.4, 0.5) is 0 Å². The van der Waals surface area contributed by atoms with Crippen LogP contribution in [0.5, 0.6) is 0 Å². The van der Waals surface area contributed by atoms with Gasteiger partial charge >= 0.3 is 23.1 Å². The first-order valence-electron chi connectivity index (χ1n) is 14.7. The third-order valence-corrected chi connectivity index (χ3v) is 11.3. The van der Waals surface area contributed by atoms with Crippen LogP contribution >= 0.6 is 0 Å². The van der Waals surface area contributed by atoms with Gasteiger partial charge in [0.1, 0.15) is 12.2 Å². The van der Waals surface area contributed by atoms with E-state index in [2.05, 4.69) is 0 Å². The van der Waals surface area contributed by atoms with Gasteiger partial charge in [0.25, 0.3) is 0 Å². The zero-order valence-corrected chi connectivity index (χ0v) is 27.6. The number of carboxylic acid groups (broad SMARTS) is 2. The third kappa shape index (κ3) is 6.82. The molecule has 2 fully saturated rings. The Morgan fingerprint density at radius 3 is 1.14 bits per heavy atom. The summed E-state index contributed by atoms with van der Waals surface area (Å²) in [5, 5.41) is 64.9. The molecule has 8 atom stereocenters. The summed E-state index contributed by atoms with van der Waals surface area (Å²) in [5.74, 6) is -2.76. The summed E-state index contributed by atoms with van der Waals surface area (Å²) in [6.07, 6.45) is -2.01. The van der Waals surface area contributed by atoms with Gasteiger partial charge in [-0.15, -0.1) is 0 Å². The van der Waals surface area contributed by atoms with Crippen molar-refractivity contribution in [1.29, 1.82) is 0 Å². The van der Waals surface area contributed by atoms with Gasteiger partial charge in [0, 0.05) is 22.8 Å². The zero-order chi connectivity index (χ0) is 31.7. The quantitative estimate of drug-likeness (QED) is 0.333. The minimum atomic E-state index is -1.09. The van der Waals surface area contributed by atoms with Crippen molar-refractivity contribution in [3.05, 3.63) is 71.8 Å². The monoisotopic (exact) mass is 606 g/mol. The molecule has 9 heteroatoms. The Morgan fingerprint density at radius 1 is 0.628 bits per heavy atom. The first-order chi connectivity index (χ1) is 19.4. The van der Waals surface area contributed by atoms with E-state index in [0.29, 0.717) is 36.8 Å². The summed E-state index contributed by atoms with van der Waals surface area (Å²) in [7, 11) is 0. The van der Waals surface area contributed by atoms with E-state index in [-0.39, 0.29) is 34.9 Å². The molecular weight excluding hydrogens is 561 g/mol. The Labute approximate surface area is 271 Å². The predicted octanol–water partition coefficient (Wildman–Crippen LogP) is 2.17. The maximum atomic E-state index is 11.5. The number of aliphatic hydroxyl groups excluding tert-OH is 4. The fraction of sp³-hybridized carbons (Fsp3) is 0.588. The van der Waals surface area contributed by atoms with Gasteiger partial charge in [-0.05, 0) is 59.5 Å². The van der Waals surface area contributed by atoms with Gasteiger partial charge in [-0.25, -0.2) is 0 Å². The maximum absolute atomic E-state index is 11.5. The summed E-state index contributed by atoms with van der Waals surface area (Å²) in [6.45, 7) is 10.7. The van der Waals surface area contributed by atoms with Crippen LogP contribution in [-0.4, -0.2) is 67.6 Å². The van der Waals surface area contributed by atoms with Crippen LogP contribution in [0, 0.1) is 33.5 Å². The fourth-order valence-electron chi connectivity index (χ4n) is 7.13. The minimum absolute atomic E-state index is 0. The Hall–Kier alpha value is -2.01. The molecule has 0 saturated heterocycles. The molecule has 0 heterocycles. The van der Waals surface area contributed by atoms with Crippen molar-refractivity contribution in [1.82, 2.24) is 0 Å². The number of benzene rings is 2. The van der Waals surface area contributed by atoms with Crippen molar-refractivity contribution in [2.24, 2.45) is 33.5 Å². The molecule has 2 aromatic rings. The summed E-state index contributed by atoms with van der Waals surface area (Å²) in [5.41, 5.74) is -2.00. The summed E-state index contributed by atoms with van der Waals surface area (Å²) in [6, 6.07) is 17.9. The Bertz CT molecular complexity index is 1120. The summed E-state index contributed by atoms with van der Waals surface area (Å²) >= 11 is 0. The average Bonchev–Trinajstić information content (AvgIpc) is 3.36. The molecule has 2 aliphatic carbocycles. The van der Waals surface area contributed by atoms with E-state index < -0.39 is 58.0 Å². The molecule has 0 aliphatic heterocycles. The molecule has 0 spiro atoms. The van der Waals surface area contributed by atoms with Crippen LogP contribution in [0.1, 0.15) is 90.6 Å². The third-order valence-electron chi connectivity index (χ3n) is 11.3. The number of aliphatic hydroxyl groups is 4. The molecule has 2 aliphatic rings. The van der Waals surface area contributed by atoms with Gasteiger partial charge in [0.05, 0.1) is 12.2 Å². The van der Waals surface area contributed by atoms with E-state index in [1.165, 1.54) is 0 Å². The largest absolute Gasteiger partial charge is 2.00 e. The minimum Gasteiger partial charge on any atom is -0.550 e. The molecule has 232 valence electrons. The predicted molar refractivity (Wildman–Crippen MR) is 160 cm³/mol. The van der Waals surface area contributed by atoms with E-state index in [0.717, 1.165) is 0 Å². The number of carbonyl (C=O) groups excluding carboxylic acids is 2. The number of carboxylic acids is 2. The van der Waals surface area contributed by atoms with Gasteiger partial charge in [-0.3, -0.25) is 0 Å². The molecule has 8 nitrogen and oxygen atoms in total. The molecule has 2 saturated carbocycles. The average molecular weight is 607 g/mol. The number of aliphatic carboxylic acids is 2. The van der Waals surface area contributed by atoms with E-state index in [9.17, 15) is 40.2 Å². The molecular formula is C34H46MgO8. The second kappa shape index (κ2) is 14.0. The fourth-order valence-corrected chi connectivity index (χ4v) is 7.13. The van der Waals surface area contributed by atoms with Crippen LogP contribution in [0.15, 0.2) is 60.7 Å². The standard InChI is InChI=1S/2C17H24O4.Mg/c2*1-16(2)12(9-10-17(16,3)15(20)21)14(19)13(18)11-7-5-4-6-8-11;/h2*4-8,12-14,18-19H,9-10H2,1-3H3,(H,20,21);/q;;+2/p-2. The van der Waals surface area contributed by atoms with E-state index in [4.69, 9.17) is 0 Å². The van der Waals surface area contributed by atoms with Gasteiger partial charge in [0.15, 0.2) is 0 Å². The van der Waals surface area contributed by atoms with Crippen molar-refractivity contribution in [3.63, 3.8) is 0 Å². The van der Waals surface area contributed by atoms with Crippen LogP contribution in [-0.2, 0) is 9.59 Å². The van der Waals surface area contributed by atoms with Crippen molar-refractivity contribution in [2.75, 3.05) is 0 Å². The molecule has 0 aromatic heterocycles. The summed E-state index contributed by atoms with van der Waals surface area (Å²) < 4.78 is 0. The molecule has 0 bridgehead atoms. The van der Waals surface area contributed by atoms with Crippen LogP contribution in [0.2, 0.25) is 0 Å². The van der Waals surface area contributed by atoms with Crippen LogP contribution in [0.25, 0.3) is 0 Å². The normalized spacial score (nSPS) is 30.1. The van der Waals surface area contributed by atoms with Crippen molar-refractivity contribution < 1.29 is 40.2 Å². The zero-order valence-electron chi connectivity index (χ0n) is 26.2. The van der Waals surface area contributed by atoms with Gasteiger partial charge < -0.3 is 40.2 Å². The van der Waals surface area contributed by atoms with Crippen molar-refractivity contribution >= 4 is 35.0 Å². The van der Waals surface area contributed by atoms with Crippen LogP contribution in [0.3, 0.4) is 0 Å². The number of rotatable bonds is 8. The van der Waals surface area contributed by atoms with Crippen LogP contribution < -0.4 is 10.2 Å². The molecule has 4 N–H and O–H groups in total. The molecule has 8 unspecified atom stereocenters. The second-order valence-corrected chi connectivity index (χ2v) is 13.7. The first-order valence-corrected chi connectivity index (χ1v) is 14.7. The van der Waals surface area contributed by atoms with Gasteiger partial charge in [-0.2, -0.15) is 0 Å².